The lowest BCUT2D eigenvalue weighted by Gasteiger charge is -2.37. The highest BCUT2D eigenvalue weighted by Gasteiger charge is 2.24. The number of halogens is 1. The van der Waals surface area contributed by atoms with Crippen molar-refractivity contribution in [3.63, 3.8) is 0 Å². The fourth-order valence-corrected chi connectivity index (χ4v) is 3.90. The van der Waals surface area contributed by atoms with Crippen molar-refractivity contribution in [1.82, 2.24) is 20.4 Å². The van der Waals surface area contributed by atoms with Gasteiger partial charge in [0.25, 0.3) is 0 Å². The Labute approximate surface area is 177 Å². The minimum Gasteiger partial charge on any atom is -0.379 e. The summed E-state index contributed by atoms with van der Waals surface area (Å²) in [7, 11) is 1.88. The number of ether oxygens (including phenoxy) is 1. The maximum atomic E-state index is 5.50. The highest BCUT2D eigenvalue weighted by molar-refractivity contribution is 14.0. The van der Waals surface area contributed by atoms with Gasteiger partial charge in [-0.05, 0) is 31.7 Å². The number of morpholine rings is 1. The smallest absolute Gasteiger partial charge is 0.191 e. The molecule has 154 valence electrons. The Balaban J connectivity index is 0.00000338. The predicted octanol–water partition coefficient (Wildman–Crippen LogP) is 2.00. The Morgan fingerprint density at radius 2 is 1.81 bits per heavy atom. The number of guanidine groups is 1. The van der Waals surface area contributed by atoms with Gasteiger partial charge in [0.2, 0.25) is 0 Å². The molecule has 2 fully saturated rings. The maximum Gasteiger partial charge on any atom is 0.191 e. The van der Waals surface area contributed by atoms with Crippen molar-refractivity contribution in [2.45, 2.75) is 52.1 Å². The van der Waals surface area contributed by atoms with Crippen molar-refractivity contribution in [2.75, 3.05) is 59.5 Å². The molecule has 0 bridgehead atoms. The summed E-state index contributed by atoms with van der Waals surface area (Å²) in [6.45, 7) is 15.2. The number of likely N-dealkylation sites (tertiary alicyclic amines) is 1. The van der Waals surface area contributed by atoms with Crippen LogP contribution in [0.4, 0.5) is 0 Å². The standard InChI is InChI=1S/C19H39N5O.HI/c1-5-8-23-9-6-17(7-10-23)22-19(20-4)21-15-18(16(2)3)24-11-13-25-14-12-24;/h16-18H,5-15H2,1-4H3,(H2,20,21,22);1H. The van der Waals surface area contributed by atoms with Gasteiger partial charge in [0.1, 0.15) is 0 Å². The number of aliphatic imine (C=N–C) groups is 1. The van der Waals surface area contributed by atoms with Crippen molar-refractivity contribution < 1.29 is 4.74 Å². The normalized spacial score (nSPS) is 22.1. The molecule has 2 aliphatic rings. The van der Waals surface area contributed by atoms with Gasteiger partial charge in [-0.2, -0.15) is 0 Å². The minimum absolute atomic E-state index is 0. The van der Waals surface area contributed by atoms with E-state index < -0.39 is 0 Å². The molecule has 1 unspecified atom stereocenters. The van der Waals surface area contributed by atoms with Crippen LogP contribution >= 0.6 is 24.0 Å². The quantitative estimate of drug-likeness (QED) is 0.331. The van der Waals surface area contributed by atoms with Crippen molar-refractivity contribution in [2.24, 2.45) is 10.9 Å². The summed E-state index contributed by atoms with van der Waals surface area (Å²) in [6.07, 6.45) is 3.66. The van der Waals surface area contributed by atoms with Crippen LogP contribution in [0.1, 0.15) is 40.0 Å². The number of rotatable bonds is 7. The second-order valence-electron chi connectivity index (χ2n) is 7.67. The fourth-order valence-electron chi connectivity index (χ4n) is 3.90. The Morgan fingerprint density at radius 1 is 1.15 bits per heavy atom. The molecular formula is C19H40IN5O. The first-order valence-electron chi connectivity index (χ1n) is 10.1. The van der Waals surface area contributed by atoms with Gasteiger partial charge in [0, 0.05) is 51.9 Å². The second-order valence-corrected chi connectivity index (χ2v) is 7.67. The zero-order valence-corrected chi connectivity index (χ0v) is 19.5. The monoisotopic (exact) mass is 481 g/mol. The van der Waals surface area contributed by atoms with E-state index in [0.717, 1.165) is 38.8 Å². The molecular weight excluding hydrogens is 441 g/mol. The molecule has 6 nitrogen and oxygen atoms in total. The van der Waals surface area contributed by atoms with Gasteiger partial charge < -0.3 is 20.3 Å². The molecule has 0 amide bonds. The largest absolute Gasteiger partial charge is 0.379 e. The summed E-state index contributed by atoms with van der Waals surface area (Å²) in [5, 5.41) is 7.21. The first-order chi connectivity index (χ1) is 12.1. The summed E-state index contributed by atoms with van der Waals surface area (Å²) in [6, 6.07) is 1.06. The number of piperidine rings is 1. The predicted molar refractivity (Wildman–Crippen MR) is 121 cm³/mol. The lowest BCUT2D eigenvalue weighted by Crippen LogP contribution is -2.54. The highest BCUT2D eigenvalue weighted by atomic mass is 127. The van der Waals surface area contributed by atoms with Gasteiger partial charge in [-0.15, -0.1) is 24.0 Å². The molecule has 2 saturated heterocycles. The van der Waals surface area contributed by atoms with Crippen LogP contribution in [0.25, 0.3) is 0 Å². The van der Waals surface area contributed by atoms with Crippen molar-refractivity contribution in [3.8, 4) is 0 Å². The Kier molecular flexibility index (Phi) is 12.1. The van der Waals surface area contributed by atoms with Gasteiger partial charge >= 0.3 is 0 Å². The van der Waals surface area contributed by atoms with Crippen molar-refractivity contribution in [1.29, 1.82) is 0 Å². The average Bonchev–Trinajstić information content (AvgIpc) is 2.63. The van der Waals surface area contributed by atoms with Crippen LogP contribution in [0.3, 0.4) is 0 Å². The van der Waals surface area contributed by atoms with Crippen LogP contribution in [0.5, 0.6) is 0 Å². The zero-order chi connectivity index (χ0) is 18.1. The van der Waals surface area contributed by atoms with E-state index in [1.54, 1.807) is 0 Å². The van der Waals surface area contributed by atoms with Crippen LogP contribution < -0.4 is 10.6 Å². The molecule has 2 heterocycles. The molecule has 1 atom stereocenters. The summed E-state index contributed by atoms with van der Waals surface area (Å²) in [4.78, 5) is 9.58. The molecule has 0 aliphatic carbocycles. The lowest BCUT2D eigenvalue weighted by atomic mass is 10.0. The average molecular weight is 481 g/mol. The van der Waals surface area contributed by atoms with E-state index >= 15 is 0 Å². The van der Waals surface area contributed by atoms with Gasteiger partial charge in [-0.25, -0.2) is 0 Å². The van der Waals surface area contributed by atoms with E-state index in [0.29, 0.717) is 18.0 Å². The van der Waals surface area contributed by atoms with E-state index in [1.165, 1.54) is 38.9 Å². The number of nitrogens with zero attached hydrogens (tertiary/aromatic N) is 3. The molecule has 0 aromatic rings. The first-order valence-corrected chi connectivity index (χ1v) is 10.1. The molecule has 7 heteroatoms. The molecule has 0 aromatic carbocycles. The van der Waals surface area contributed by atoms with Crippen LogP contribution in [0.2, 0.25) is 0 Å². The maximum absolute atomic E-state index is 5.50. The number of hydrogen-bond acceptors (Lipinski definition) is 4. The molecule has 2 aliphatic heterocycles. The zero-order valence-electron chi connectivity index (χ0n) is 17.2. The van der Waals surface area contributed by atoms with Gasteiger partial charge in [-0.3, -0.25) is 9.89 Å². The summed E-state index contributed by atoms with van der Waals surface area (Å²) < 4.78 is 5.50. The Bertz CT molecular complexity index is 393. The molecule has 0 aromatic heterocycles. The van der Waals surface area contributed by atoms with E-state index in [2.05, 4.69) is 46.2 Å². The third kappa shape index (κ3) is 7.86. The molecule has 2 rings (SSSR count). The van der Waals surface area contributed by atoms with Crippen LogP contribution in [0, 0.1) is 5.92 Å². The van der Waals surface area contributed by atoms with E-state index in [1.807, 2.05) is 7.05 Å². The van der Waals surface area contributed by atoms with Gasteiger partial charge in [-0.1, -0.05) is 20.8 Å². The van der Waals surface area contributed by atoms with Crippen molar-refractivity contribution >= 4 is 29.9 Å². The lowest BCUT2D eigenvalue weighted by molar-refractivity contribution is 0.00750. The first kappa shape index (κ1) is 23.9. The number of hydrogen-bond donors (Lipinski definition) is 2. The minimum atomic E-state index is 0. The van der Waals surface area contributed by atoms with Crippen LogP contribution in [-0.2, 0) is 4.74 Å². The fraction of sp³-hybridized carbons (Fsp3) is 0.947. The van der Waals surface area contributed by atoms with Gasteiger partial charge in [0.15, 0.2) is 5.96 Å². The SMILES string of the molecule is CCCN1CCC(NC(=NC)NCC(C(C)C)N2CCOCC2)CC1.I. The summed E-state index contributed by atoms with van der Waals surface area (Å²) in [5.41, 5.74) is 0. The summed E-state index contributed by atoms with van der Waals surface area (Å²) >= 11 is 0. The highest BCUT2D eigenvalue weighted by Crippen LogP contribution is 2.13. The van der Waals surface area contributed by atoms with Crippen LogP contribution in [0.15, 0.2) is 4.99 Å². The molecule has 2 N–H and O–H groups in total. The molecule has 0 radical (unpaired) electrons. The summed E-state index contributed by atoms with van der Waals surface area (Å²) in [5.74, 6) is 1.56. The van der Waals surface area contributed by atoms with E-state index in [9.17, 15) is 0 Å². The second kappa shape index (κ2) is 13.1. The molecule has 26 heavy (non-hydrogen) atoms. The Hall–Kier alpha value is -0.120. The van der Waals surface area contributed by atoms with E-state index in [-0.39, 0.29) is 24.0 Å². The van der Waals surface area contributed by atoms with Gasteiger partial charge in [0.05, 0.1) is 13.2 Å². The third-order valence-electron chi connectivity index (χ3n) is 5.45. The Morgan fingerprint density at radius 3 is 2.35 bits per heavy atom. The van der Waals surface area contributed by atoms with Crippen LogP contribution in [-0.4, -0.2) is 87.4 Å². The molecule has 0 saturated carbocycles. The molecule has 0 spiro atoms. The number of nitrogens with one attached hydrogen (secondary N) is 2. The topological polar surface area (TPSA) is 52.1 Å². The van der Waals surface area contributed by atoms with Crippen molar-refractivity contribution in [3.05, 3.63) is 0 Å². The van der Waals surface area contributed by atoms with E-state index in [4.69, 9.17) is 4.74 Å². The third-order valence-corrected chi connectivity index (χ3v) is 5.45.